The third-order valence-electron chi connectivity index (χ3n) is 3.71. The number of amides is 1. The molecule has 1 amide bonds. The van der Waals surface area contributed by atoms with E-state index < -0.39 is 9.84 Å². The fraction of sp³-hybridized carbons (Fsp3) is 0.294. The van der Waals surface area contributed by atoms with Crippen molar-refractivity contribution < 1.29 is 17.9 Å². The van der Waals surface area contributed by atoms with Gasteiger partial charge >= 0.3 is 0 Å². The van der Waals surface area contributed by atoms with Gasteiger partial charge in [-0.2, -0.15) is 11.8 Å². The molecule has 1 aromatic heterocycles. The Morgan fingerprint density at radius 2 is 2.00 bits per heavy atom. The summed E-state index contributed by atoms with van der Waals surface area (Å²) in [7, 11) is -3.25. The van der Waals surface area contributed by atoms with Crippen LogP contribution in [-0.4, -0.2) is 43.2 Å². The maximum atomic E-state index is 12.2. The molecule has 0 bridgehead atoms. The Kier molecular flexibility index (Phi) is 5.29. The Balaban J connectivity index is 1.62. The van der Waals surface area contributed by atoms with Crippen LogP contribution in [0.25, 0.3) is 0 Å². The van der Waals surface area contributed by atoms with Gasteiger partial charge in [-0.05, 0) is 42.5 Å². The number of ether oxygens (including phenoxy) is 1. The summed E-state index contributed by atoms with van der Waals surface area (Å²) in [6.07, 6.45) is 3.81. The zero-order chi connectivity index (χ0) is 17.9. The van der Waals surface area contributed by atoms with Crippen molar-refractivity contribution in [2.24, 2.45) is 0 Å². The summed E-state index contributed by atoms with van der Waals surface area (Å²) < 4.78 is 28.6. The second-order valence-electron chi connectivity index (χ2n) is 5.74. The van der Waals surface area contributed by atoms with Gasteiger partial charge in [-0.1, -0.05) is 0 Å². The molecule has 1 aliphatic rings. The minimum atomic E-state index is -3.25. The third kappa shape index (κ3) is 4.73. The van der Waals surface area contributed by atoms with E-state index in [0.29, 0.717) is 17.1 Å². The van der Waals surface area contributed by atoms with Crippen LogP contribution in [0.3, 0.4) is 0 Å². The average Bonchev–Trinajstić information content (AvgIpc) is 3.08. The molecule has 0 radical (unpaired) electrons. The number of thioether (sulfide) groups is 1. The Bertz CT molecular complexity index is 843. The molecular formula is C17H18N2O4S2. The molecule has 1 aromatic carbocycles. The molecule has 25 heavy (non-hydrogen) atoms. The van der Waals surface area contributed by atoms with Crippen LogP contribution in [-0.2, 0) is 9.84 Å². The molecular weight excluding hydrogens is 360 g/mol. The summed E-state index contributed by atoms with van der Waals surface area (Å²) in [6.45, 7) is 0. The molecule has 1 aliphatic heterocycles. The highest BCUT2D eigenvalue weighted by molar-refractivity contribution is 7.99. The van der Waals surface area contributed by atoms with Crippen LogP contribution in [0.4, 0.5) is 5.69 Å². The summed E-state index contributed by atoms with van der Waals surface area (Å²) in [4.78, 5) is 16.6. The zero-order valence-electron chi connectivity index (χ0n) is 13.6. The Labute approximate surface area is 150 Å². The summed E-state index contributed by atoms with van der Waals surface area (Å²) in [5.74, 6) is 2.26. The lowest BCUT2D eigenvalue weighted by molar-refractivity contribution is 0.102. The van der Waals surface area contributed by atoms with Crippen LogP contribution in [0.2, 0.25) is 0 Å². The Morgan fingerprint density at radius 3 is 2.56 bits per heavy atom. The third-order valence-corrected chi connectivity index (χ3v) is 5.97. The number of hydrogen-bond acceptors (Lipinski definition) is 6. The SMILES string of the molecule is CS(=O)(=O)c1ccc(NC(=O)c2ccc(OC3CCSC3)nc2)cc1. The molecule has 0 spiro atoms. The number of aromatic nitrogens is 1. The topological polar surface area (TPSA) is 85.4 Å². The molecule has 132 valence electrons. The number of carbonyl (C=O) groups is 1. The fourth-order valence-corrected chi connectivity index (χ4v) is 4.07. The Morgan fingerprint density at radius 1 is 1.24 bits per heavy atom. The van der Waals surface area contributed by atoms with Crippen LogP contribution in [0.1, 0.15) is 16.8 Å². The van der Waals surface area contributed by atoms with Crippen molar-refractivity contribution in [1.82, 2.24) is 4.98 Å². The van der Waals surface area contributed by atoms with Crippen LogP contribution < -0.4 is 10.1 Å². The highest BCUT2D eigenvalue weighted by atomic mass is 32.2. The number of benzene rings is 1. The number of rotatable bonds is 5. The van der Waals surface area contributed by atoms with E-state index in [0.717, 1.165) is 24.2 Å². The Hall–Kier alpha value is -2.06. The van der Waals surface area contributed by atoms with Gasteiger partial charge in [0, 0.05) is 30.0 Å². The molecule has 1 unspecified atom stereocenters. The van der Waals surface area contributed by atoms with Crippen LogP contribution in [0.5, 0.6) is 5.88 Å². The molecule has 8 heteroatoms. The van der Waals surface area contributed by atoms with E-state index in [9.17, 15) is 13.2 Å². The van der Waals surface area contributed by atoms with Crippen LogP contribution in [0.15, 0.2) is 47.5 Å². The van der Waals surface area contributed by atoms with E-state index in [2.05, 4.69) is 10.3 Å². The predicted molar refractivity (Wildman–Crippen MR) is 98.1 cm³/mol. The molecule has 1 N–H and O–H groups in total. The first-order valence-electron chi connectivity index (χ1n) is 7.74. The van der Waals surface area contributed by atoms with Crippen molar-refractivity contribution in [3.63, 3.8) is 0 Å². The lowest BCUT2D eigenvalue weighted by Crippen LogP contribution is -2.16. The second kappa shape index (κ2) is 7.45. The highest BCUT2D eigenvalue weighted by Crippen LogP contribution is 2.22. The van der Waals surface area contributed by atoms with Crippen molar-refractivity contribution in [1.29, 1.82) is 0 Å². The molecule has 3 rings (SSSR count). The molecule has 0 saturated carbocycles. The van der Waals surface area contributed by atoms with Crippen molar-refractivity contribution in [2.45, 2.75) is 17.4 Å². The number of nitrogens with zero attached hydrogens (tertiary/aromatic N) is 1. The molecule has 1 atom stereocenters. The highest BCUT2D eigenvalue weighted by Gasteiger charge is 2.17. The van der Waals surface area contributed by atoms with E-state index in [1.54, 1.807) is 24.3 Å². The van der Waals surface area contributed by atoms with Gasteiger partial charge in [0.15, 0.2) is 9.84 Å². The first-order chi connectivity index (χ1) is 11.9. The molecule has 1 fully saturated rings. The smallest absolute Gasteiger partial charge is 0.257 e. The monoisotopic (exact) mass is 378 g/mol. The minimum absolute atomic E-state index is 0.186. The quantitative estimate of drug-likeness (QED) is 0.861. The van der Waals surface area contributed by atoms with Gasteiger partial charge in [0.25, 0.3) is 5.91 Å². The van der Waals surface area contributed by atoms with Gasteiger partial charge < -0.3 is 10.1 Å². The molecule has 1 saturated heterocycles. The van der Waals surface area contributed by atoms with Gasteiger partial charge in [0.2, 0.25) is 5.88 Å². The fourth-order valence-electron chi connectivity index (χ4n) is 2.35. The van der Waals surface area contributed by atoms with Crippen molar-refractivity contribution in [3.05, 3.63) is 48.2 Å². The summed E-state index contributed by atoms with van der Waals surface area (Å²) in [5, 5.41) is 2.71. The van der Waals surface area contributed by atoms with Crippen molar-refractivity contribution in [3.8, 4) is 5.88 Å². The van der Waals surface area contributed by atoms with Gasteiger partial charge in [0.1, 0.15) is 6.10 Å². The van der Waals surface area contributed by atoms with Crippen LogP contribution >= 0.6 is 11.8 Å². The standard InChI is InChI=1S/C17H18N2O4S2/c1-25(21,22)15-5-3-13(4-6-15)19-17(20)12-2-7-16(18-10-12)23-14-8-9-24-11-14/h2-7,10,14H,8-9,11H2,1H3,(H,19,20). The minimum Gasteiger partial charge on any atom is -0.473 e. The largest absolute Gasteiger partial charge is 0.473 e. The first kappa shape index (κ1) is 17.8. The van der Waals surface area contributed by atoms with Crippen molar-refractivity contribution >= 4 is 33.2 Å². The predicted octanol–water partition coefficient (Wildman–Crippen LogP) is 2.62. The molecule has 2 aromatic rings. The first-order valence-corrected chi connectivity index (χ1v) is 10.8. The molecule has 6 nitrogen and oxygen atoms in total. The summed E-state index contributed by atoms with van der Waals surface area (Å²) >= 11 is 1.86. The van der Waals surface area contributed by atoms with E-state index in [4.69, 9.17) is 4.74 Å². The number of sulfone groups is 1. The lowest BCUT2D eigenvalue weighted by atomic mass is 10.2. The normalized spacial score (nSPS) is 17.2. The maximum Gasteiger partial charge on any atom is 0.257 e. The second-order valence-corrected chi connectivity index (χ2v) is 8.90. The number of carbonyl (C=O) groups excluding carboxylic acids is 1. The number of anilines is 1. The van der Waals surface area contributed by atoms with Crippen LogP contribution in [0, 0.1) is 0 Å². The van der Waals surface area contributed by atoms with Gasteiger partial charge in [-0.15, -0.1) is 0 Å². The van der Waals surface area contributed by atoms with E-state index >= 15 is 0 Å². The number of nitrogens with one attached hydrogen (secondary N) is 1. The van der Waals surface area contributed by atoms with Gasteiger partial charge in [-0.3, -0.25) is 4.79 Å². The van der Waals surface area contributed by atoms with E-state index in [1.807, 2.05) is 11.8 Å². The van der Waals surface area contributed by atoms with E-state index in [-0.39, 0.29) is 16.9 Å². The van der Waals surface area contributed by atoms with E-state index in [1.165, 1.54) is 18.3 Å². The molecule has 2 heterocycles. The van der Waals surface area contributed by atoms with Crippen molar-refractivity contribution in [2.75, 3.05) is 23.1 Å². The average molecular weight is 378 g/mol. The summed E-state index contributed by atoms with van der Waals surface area (Å²) in [5.41, 5.74) is 0.918. The number of hydrogen-bond donors (Lipinski definition) is 1. The lowest BCUT2D eigenvalue weighted by Gasteiger charge is -2.11. The maximum absolute atomic E-state index is 12.2. The number of pyridine rings is 1. The van der Waals surface area contributed by atoms with Gasteiger partial charge in [-0.25, -0.2) is 13.4 Å². The summed E-state index contributed by atoms with van der Waals surface area (Å²) in [6, 6.07) is 9.36. The molecule has 0 aliphatic carbocycles. The van der Waals surface area contributed by atoms with Gasteiger partial charge in [0.05, 0.1) is 10.5 Å². The zero-order valence-corrected chi connectivity index (χ0v) is 15.3.